The standard InChI is InChI=1S/C20H18BrClN6O/c21-18-16-11-23-20(24-19(16)26-25-18)28-9-7-27(8-10-28)12-15-5-6-17(29-15)13-1-3-14(22)4-2-13/h1-6,11H,7-10,12H2,(H,23,24,25,26). The molecule has 0 radical (unpaired) electrons. The van der Waals surface area contributed by atoms with E-state index in [1.165, 1.54) is 0 Å². The van der Waals surface area contributed by atoms with E-state index in [9.17, 15) is 0 Å². The van der Waals surface area contributed by atoms with Crippen molar-refractivity contribution in [3.05, 3.63) is 58.0 Å². The summed E-state index contributed by atoms with van der Waals surface area (Å²) in [7, 11) is 0. The summed E-state index contributed by atoms with van der Waals surface area (Å²) in [6.45, 7) is 4.35. The molecule has 1 fully saturated rings. The largest absolute Gasteiger partial charge is 0.460 e. The van der Waals surface area contributed by atoms with Crippen LogP contribution in [0.2, 0.25) is 5.02 Å². The van der Waals surface area contributed by atoms with Crippen LogP contribution < -0.4 is 4.90 Å². The van der Waals surface area contributed by atoms with Gasteiger partial charge in [-0.05, 0) is 52.3 Å². The maximum absolute atomic E-state index is 6.04. The molecule has 1 N–H and O–H groups in total. The molecule has 148 valence electrons. The van der Waals surface area contributed by atoms with Crippen molar-refractivity contribution in [3.8, 4) is 11.3 Å². The Morgan fingerprint density at radius 1 is 1.07 bits per heavy atom. The second-order valence-electron chi connectivity index (χ2n) is 6.98. The average Bonchev–Trinajstić information content (AvgIpc) is 3.36. The SMILES string of the molecule is Clc1ccc(-c2ccc(CN3CCN(c4ncc5c(Br)[nH]nc5n4)CC3)o2)cc1. The number of furan rings is 1. The van der Waals surface area contributed by atoms with Gasteiger partial charge in [-0.3, -0.25) is 10.00 Å². The van der Waals surface area contributed by atoms with Gasteiger partial charge in [0.05, 0.1) is 11.9 Å². The molecular formula is C20H18BrClN6O. The van der Waals surface area contributed by atoms with Crippen LogP contribution in [-0.2, 0) is 6.54 Å². The minimum absolute atomic E-state index is 0.676. The molecular weight excluding hydrogens is 456 g/mol. The third kappa shape index (κ3) is 3.88. The molecule has 3 aromatic heterocycles. The van der Waals surface area contributed by atoms with Crippen LogP contribution in [0.1, 0.15) is 5.76 Å². The van der Waals surface area contributed by atoms with Gasteiger partial charge < -0.3 is 9.32 Å². The smallest absolute Gasteiger partial charge is 0.227 e. The summed E-state index contributed by atoms with van der Waals surface area (Å²) >= 11 is 9.38. The number of nitrogens with one attached hydrogen (secondary N) is 1. The molecule has 5 rings (SSSR count). The zero-order valence-electron chi connectivity index (χ0n) is 15.5. The van der Waals surface area contributed by atoms with E-state index in [-0.39, 0.29) is 0 Å². The molecule has 0 atom stereocenters. The van der Waals surface area contributed by atoms with Gasteiger partial charge in [0.1, 0.15) is 16.1 Å². The summed E-state index contributed by atoms with van der Waals surface area (Å²) in [5, 5.41) is 8.69. The molecule has 1 aromatic carbocycles. The zero-order valence-corrected chi connectivity index (χ0v) is 17.8. The summed E-state index contributed by atoms with van der Waals surface area (Å²) in [5.41, 5.74) is 1.71. The maximum atomic E-state index is 6.04. The molecule has 0 spiro atoms. The van der Waals surface area contributed by atoms with Gasteiger partial charge in [-0.25, -0.2) is 4.98 Å². The number of nitrogens with zero attached hydrogens (tertiary/aromatic N) is 5. The first kappa shape index (κ1) is 18.6. The van der Waals surface area contributed by atoms with Crippen molar-refractivity contribution >= 4 is 44.5 Å². The summed E-state index contributed by atoms with van der Waals surface area (Å²) in [4.78, 5) is 13.6. The highest BCUT2D eigenvalue weighted by atomic mass is 79.9. The van der Waals surface area contributed by atoms with Gasteiger partial charge in [0.15, 0.2) is 5.65 Å². The van der Waals surface area contributed by atoms with E-state index in [2.05, 4.69) is 45.9 Å². The van der Waals surface area contributed by atoms with Gasteiger partial charge in [0, 0.05) is 43.0 Å². The lowest BCUT2D eigenvalue weighted by Gasteiger charge is -2.34. The van der Waals surface area contributed by atoms with E-state index in [4.69, 9.17) is 16.0 Å². The van der Waals surface area contributed by atoms with Crippen LogP contribution in [0.5, 0.6) is 0 Å². The number of anilines is 1. The predicted octanol–water partition coefficient (Wildman–Crippen LogP) is 4.35. The van der Waals surface area contributed by atoms with Gasteiger partial charge in [0.2, 0.25) is 5.95 Å². The Bertz CT molecular complexity index is 1130. The molecule has 0 aliphatic carbocycles. The summed E-state index contributed by atoms with van der Waals surface area (Å²) in [6, 6.07) is 11.7. The topological polar surface area (TPSA) is 74.1 Å². The third-order valence-electron chi connectivity index (χ3n) is 5.08. The number of rotatable bonds is 4. The third-order valence-corrected chi connectivity index (χ3v) is 5.93. The Balaban J connectivity index is 1.21. The maximum Gasteiger partial charge on any atom is 0.227 e. The first-order chi connectivity index (χ1) is 14.2. The minimum Gasteiger partial charge on any atom is -0.460 e. The van der Waals surface area contributed by atoms with Gasteiger partial charge in [-0.2, -0.15) is 10.1 Å². The number of fused-ring (bicyclic) bond motifs is 1. The van der Waals surface area contributed by atoms with Gasteiger partial charge in [-0.1, -0.05) is 11.6 Å². The number of aromatic nitrogens is 4. The normalized spacial score (nSPS) is 15.3. The summed E-state index contributed by atoms with van der Waals surface area (Å²) in [6.07, 6.45) is 1.80. The lowest BCUT2D eigenvalue weighted by Crippen LogP contribution is -2.46. The Kier molecular flexibility index (Phi) is 4.99. The van der Waals surface area contributed by atoms with Crippen molar-refractivity contribution in [1.29, 1.82) is 0 Å². The van der Waals surface area contributed by atoms with Gasteiger partial charge >= 0.3 is 0 Å². The number of aromatic amines is 1. The highest BCUT2D eigenvalue weighted by Gasteiger charge is 2.21. The first-order valence-corrected chi connectivity index (χ1v) is 10.5. The monoisotopic (exact) mass is 472 g/mol. The van der Waals surface area contributed by atoms with E-state index in [0.717, 1.165) is 70.8 Å². The number of hydrogen-bond donors (Lipinski definition) is 1. The molecule has 1 aliphatic heterocycles. The molecule has 9 heteroatoms. The molecule has 0 saturated carbocycles. The van der Waals surface area contributed by atoms with Crippen LogP contribution in [0.3, 0.4) is 0 Å². The number of H-pyrrole nitrogens is 1. The fraction of sp³-hybridized carbons (Fsp3) is 0.250. The summed E-state index contributed by atoms with van der Waals surface area (Å²) < 4.78 is 6.84. The van der Waals surface area contributed by atoms with Crippen LogP contribution in [0.15, 0.2) is 51.6 Å². The van der Waals surface area contributed by atoms with Crippen LogP contribution in [0.25, 0.3) is 22.4 Å². The quantitative estimate of drug-likeness (QED) is 0.475. The highest BCUT2D eigenvalue weighted by Crippen LogP contribution is 2.25. The molecule has 0 unspecified atom stereocenters. The molecule has 0 bridgehead atoms. The number of hydrogen-bond acceptors (Lipinski definition) is 6. The van der Waals surface area contributed by atoms with Gasteiger partial charge in [0.25, 0.3) is 0 Å². The fourth-order valence-corrected chi connectivity index (χ4v) is 3.97. The molecule has 1 aliphatic rings. The predicted molar refractivity (Wildman–Crippen MR) is 116 cm³/mol. The number of halogens is 2. The van der Waals surface area contributed by atoms with Crippen molar-refractivity contribution in [1.82, 2.24) is 25.1 Å². The zero-order chi connectivity index (χ0) is 19.8. The van der Waals surface area contributed by atoms with Crippen molar-refractivity contribution < 1.29 is 4.42 Å². The lowest BCUT2D eigenvalue weighted by molar-refractivity contribution is 0.230. The van der Waals surface area contributed by atoms with Gasteiger partial charge in [-0.15, -0.1) is 0 Å². The van der Waals surface area contributed by atoms with Crippen LogP contribution in [0, 0.1) is 0 Å². The molecule has 1 saturated heterocycles. The highest BCUT2D eigenvalue weighted by molar-refractivity contribution is 9.10. The Morgan fingerprint density at radius 2 is 1.86 bits per heavy atom. The van der Waals surface area contributed by atoms with Crippen LogP contribution in [0.4, 0.5) is 5.95 Å². The average molecular weight is 474 g/mol. The molecule has 4 aromatic rings. The van der Waals surface area contributed by atoms with Crippen molar-refractivity contribution in [2.24, 2.45) is 0 Å². The molecule has 0 amide bonds. The second-order valence-corrected chi connectivity index (χ2v) is 8.21. The Labute approximate surface area is 180 Å². The number of piperazine rings is 1. The van der Waals surface area contributed by atoms with E-state index in [0.29, 0.717) is 5.65 Å². The van der Waals surface area contributed by atoms with E-state index < -0.39 is 0 Å². The lowest BCUT2D eigenvalue weighted by atomic mass is 10.2. The minimum atomic E-state index is 0.676. The number of benzene rings is 1. The first-order valence-electron chi connectivity index (χ1n) is 9.34. The summed E-state index contributed by atoms with van der Waals surface area (Å²) in [5.74, 6) is 2.55. The van der Waals surface area contributed by atoms with E-state index in [1.807, 2.05) is 36.4 Å². The van der Waals surface area contributed by atoms with Crippen molar-refractivity contribution in [3.63, 3.8) is 0 Å². The van der Waals surface area contributed by atoms with E-state index in [1.54, 1.807) is 6.20 Å². The molecule has 29 heavy (non-hydrogen) atoms. The van der Waals surface area contributed by atoms with E-state index >= 15 is 0 Å². The Hall–Kier alpha value is -2.42. The van der Waals surface area contributed by atoms with Crippen LogP contribution in [-0.4, -0.2) is 51.2 Å². The van der Waals surface area contributed by atoms with Crippen molar-refractivity contribution in [2.75, 3.05) is 31.1 Å². The fourth-order valence-electron chi connectivity index (χ4n) is 3.48. The molecule has 4 heterocycles. The molecule has 7 nitrogen and oxygen atoms in total. The Morgan fingerprint density at radius 3 is 2.66 bits per heavy atom. The van der Waals surface area contributed by atoms with Crippen molar-refractivity contribution in [2.45, 2.75) is 6.54 Å². The van der Waals surface area contributed by atoms with Crippen LogP contribution >= 0.6 is 27.5 Å². The second kappa shape index (κ2) is 7.78.